The van der Waals surface area contributed by atoms with E-state index < -0.39 is 0 Å². The first kappa shape index (κ1) is 17.5. The SMILES string of the molecule is COC(=O)CCN(C(=O)c1cccc(C)c1)C1CCCCCC1. The van der Waals surface area contributed by atoms with E-state index in [0.29, 0.717) is 12.1 Å². The van der Waals surface area contributed by atoms with E-state index in [1.807, 2.05) is 36.1 Å². The minimum atomic E-state index is -0.263. The Morgan fingerprint density at radius 1 is 1.17 bits per heavy atom. The quantitative estimate of drug-likeness (QED) is 0.614. The third-order valence-corrected chi connectivity index (χ3v) is 4.58. The average Bonchev–Trinajstić information content (AvgIpc) is 2.84. The van der Waals surface area contributed by atoms with Crippen LogP contribution in [-0.4, -0.2) is 36.5 Å². The van der Waals surface area contributed by atoms with Crippen LogP contribution in [0.2, 0.25) is 0 Å². The predicted molar refractivity (Wildman–Crippen MR) is 90.3 cm³/mol. The van der Waals surface area contributed by atoms with Crippen molar-refractivity contribution in [3.05, 3.63) is 35.4 Å². The maximum Gasteiger partial charge on any atom is 0.307 e. The van der Waals surface area contributed by atoms with Gasteiger partial charge >= 0.3 is 5.97 Å². The van der Waals surface area contributed by atoms with E-state index in [2.05, 4.69) is 0 Å². The van der Waals surface area contributed by atoms with Crippen molar-refractivity contribution in [2.45, 2.75) is 57.9 Å². The molecule has 23 heavy (non-hydrogen) atoms. The van der Waals surface area contributed by atoms with Crippen molar-refractivity contribution < 1.29 is 14.3 Å². The first-order valence-electron chi connectivity index (χ1n) is 8.56. The van der Waals surface area contributed by atoms with Crippen LogP contribution >= 0.6 is 0 Å². The highest BCUT2D eigenvalue weighted by Crippen LogP contribution is 2.24. The average molecular weight is 317 g/mol. The number of ether oxygens (including phenoxy) is 1. The monoisotopic (exact) mass is 317 g/mol. The molecule has 0 heterocycles. The van der Waals surface area contributed by atoms with Crippen LogP contribution in [0.4, 0.5) is 0 Å². The van der Waals surface area contributed by atoms with Gasteiger partial charge in [-0.05, 0) is 31.9 Å². The van der Waals surface area contributed by atoms with Gasteiger partial charge < -0.3 is 9.64 Å². The number of carbonyl (C=O) groups is 2. The van der Waals surface area contributed by atoms with Crippen LogP contribution in [0.15, 0.2) is 24.3 Å². The number of hydrogen-bond acceptors (Lipinski definition) is 3. The van der Waals surface area contributed by atoms with Crippen LogP contribution in [0, 0.1) is 6.92 Å². The molecule has 1 aromatic carbocycles. The normalized spacial score (nSPS) is 15.7. The van der Waals surface area contributed by atoms with Crippen molar-refractivity contribution >= 4 is 11.9 Å². The third-order valence-electron chi connectivity index (χ3n) is 4.58. The summed E-state index contributed by atoms with van der Waals surface area (Å²) in [6.07, 6.45) is 7.09. The molecule has 4 nitrogen and oxygen atoms in total. The van der Waals surface area contributed by atoms with Gasteiger partial charge in [-0.3, -0.25) is 9.59 Å². The van der Waals surface area contributed by atoms with Crippen LogP contribution < -0.4 is 0 Å². The second-order valence-electron chi connectivity index (χ2n) is 6.34. The summed E-state index contributed by atoms with van der Waals surface area (Å²) in [4.78, 5) is 26.4. The standard InChI is InChI=1S/C19H27NO3/c1-15-8-7-9-16(14-15)19(22)20(13-12-18(21)23-2)17-10-5-3-4-6-11-17/h7-9,14,17H,3-6,10-13H2,1-2H3. The summed E-state index contributed by atoms with van der Waals surface area (Å²) in [5, 5.41) is 0. The molecule has 0 unspecified atom stereocenters. The van der Waals surface area contributed by atoms with Gasteiger partial charge in [0.25, 0.3) is 5.91 Å². The number of rotatable bonds is 5. The fourth-order valence-electron chi connectivity index (χ4n) is 3.28. The molecule has 0 bridgehead atoms. The molecule has 1 saturated carbocycles. The van der Waals surface area contributed by atoms with Crippen LogP contribution in [-0.2, 0) is 9.53 Å². The van der Waals surface area contributed by atoms with E-state index in [4.69, 9.17) is 4.74 Å². The van der Waals surface area contributed by atoms with Gasteiger partial charge in [0.05, 0.1) is 13.5 Å². The van der Waals surface area contributed by atoms with Crippen molar-refractivity contribution in [3.8, 4) is 0 Å². The van der Waals surface area contributed by atoms with Crippen LogP contribution in [0.3, 0.4) is 0 Å². The number of methoxy groups -OCH3 is 1. The molecule has 0 aliphatic heterocycles. The summed E-state index contributed by atoms with van der Waals surface area (Å²) >= 11 is 0. The molecule has 126 valence electrons. The van der Waals surface area contributed by atoms with Gasteiger partial charge in [-0.15, -0.1) is 0 Å². The minimum Gasteiger partial charge on any atom is -0.469 e. The maximum atomic E-state index is 13.0. The molecule has 0 radical (unpaired) electrons. The van der Waals surface area contributed by atoms with Gasteiger partial charge in [-0.2, -0.15) is 0 Å². The van der Waals surface area contributed by atoms with Gasteiger partial charge in [-0.1, -0.05) is 43.4 Å². The Labute approximate surface area is 138 Å². The third kappa shape index (κ3) is 5.08. The summed E-state index contributed by atoms with van der Waals surface area (Å²) in [6, 6.07) is 7.91. The highest BCUT2D eigenvalue weighted by atomic mass is 16.5. The molecule has 0 saturated heterocycles. The molecule has 1 fully saturated rings. The van der Waals surface area contributed by atoms with Crippen molar-refractivity contribution in [3.63, 3.8) is 0 Å². The lowest BCUT2D eigenvalue weighted by Gasteiger charge is -2.31. The zero-order chi connectivity index (χ0) is 16.7. The molecule has 0 N–H and O–H groups in total. The molecular formula is C19H27NO3. The number of nitrogens with zero attached hydrogens (tertiary/aromatic N) is 1. The lowest BCUT2D eigenvalue weighted by Crippen LogP contribution is -2.41. The highest BCUT2D eigenvalue weighted by Gasteiger charge is 2.26. The molecule has 0 spiro atoms. The Morgan fingerprint density at radius 3 is 2.48 bits per heavy atom. The first-order valence-corrected chi connectivity index (χ1v) is 8.56. The molecule has 4 heteroatoms. The molecule has 2 rings (SSSR count). The second-order valence-corrected chi connectivity index (χ2v) is 6.34. The molecule has 0 aromatic heterocycles. The van der Waals surface area contributed by atoms with Crippen molar-refractivity contribution in [2.75, 3.05) is 13.7 Å². The van der Waals surface area contributed by atoms with E-state index in [0.717, 1.165) is 31.2 Å². The Kier molecular flexibility index (Phi) is 6.63. The number of aryl methyl sites for hydroxylation is 1. The Balaban J connectivity index is 2.16. The van der Waals surface area contributed by atoms with Gasteiger partial charge in [0.15, 0.2) is 0 Å². The molecule has 1 aliphatic carbocycles. The van der Waals surface area contributed by atoms with Gasteiger partial charge in [-0.25, -0.2) is 0 Å². The van der Waals surface area contributed by atoms with Gasteiger partial charge in [0, 0.05) is 18.2 Å². The van der Waals surface area contributed by atoms with Crippen LogP contribution in [0.25, 0.3) is 0 Å². The highest BCUT2D eigenvalue weighted by molar-refractivity contribution is 5.94. The van der Waals surface area contributed by atoms with E-state index in [1.165, 1.54) is 20.0 Å². The Hall–Kier alpha value is -1.84. The lowest BCUT2D eigenvalue weighted by atomic mass is 10.0. The van der Waals surface area contributed by atoms with Gasteiger partial charge in [0.1, 0.15) is 0 Å². The summed E-state index contributed by atoms with van der Waals surface area (Å²) in [5.74, 6) is -0.231. The summed E-state index contributed by atoms with van der Waals surface area (Å²) in [6.45, 7) is 2.42. The number of carbonyl (C=O) groups excluding carboxylic acids is 2. The number of hydrogen-bond donors (Lipinski definition) is 0. The predicted octanol–water partition coefficient (Wildman–Crippen LogP) is 3.72. The van der Waals surface area contributed by atoms with Crippen LogP contribution in [0.1, 0.15) is 60.9 Å². The largest absolute Gasteiger partial charge is 0.469 e. The smallest absolute Gasteiger partial charge is 0.307 e. The summed E-state index contributed by atoms with van der Waals surface area (Å²) < 4.78 is 4.74. The molecule has 1 amide bonds. The molecule has 1 aromatic rings. The van der Waals surface area contributed by atoms with Gasteiger partial charge in [0.2, 0.25) is 0 Å². The number of benzene rings is 1. The molecule has 0 atom stereocenters. The number of esters is 1. The Bertz CT molecular complexity index is 533. The Morgan fingerprint density at radius 2 is 1.87 bits per heavy atom. The van der Waals surface area contributed by atoms with Crippen molar-refractivity contribution in [1.82, 2.24) is 4.90 Å². The fourth-order valence-corrected chi connectivity index (χ4v) is 3.28. The van der Waals surface area contributed by atoms with E-state index in [-0.39, 0.29) is 24.3 Å². The van der Waals surface area contributed by atoms with Crippen molar-refractivity contribution in [1.29, 1.82) is 0 Å². The fraction of sp³-hybridized carbons (Fsp3) is 0.579. The van der Waals surface area contributed by atoms with E-state index >= 15 is 0 Å². The van der Waals surface area contributed by atoms with Crippen molar-refractivity contribution in [2.24, 2.45) is 0 Å². The van der Waals surface area contributed by atoms with Crippen LogP contribution in [0.5, 0.6) is 0 Å². The zero-order valence-electron chi connectivity index (χ0n) is 14.2. The molecule has 1 aliphatic rings. The topological polar surface area (TPSA) is 46.6 Å². The van der Waals surface area contributed by atoms with E-state index in [9.17, 15) is 9.59 Å². The summed E-state index contributed by atoms with van der Waals surface area (Å²) in [5.41, 5.74) is 1.78. The van der Waals surface area contributed by atoms with E-state index in [1.54, 1.807) is 0 Å². The first-order chi connectivity index (χ1) is 11.1. The second kappa shape index (κ2) is 8.70. The zero-order valence-corrected chi connectivity index (χ0v) is 14.2. The minimum absolute atomic E-state index is 0.0319. The molecular weight excluding hydrogens is 290 g/mol. The lowest BCUT2D eigenvalue weighted by molar-refractivity contribution is -0.140. The summed E-state index contributed by atoms with van der Waals surface area (Å²) in [7, 11) is 1.39. The number of amides is 1. The maximum absolute atomic E-state index is 13.0.